The highest BCUT2D eigenvalue weighted by Gasteiger charge is 2.13. The second-order valence-electron chi connectivity index (χ2n) is 5.14. The first-order valence-electron chi connectivity index (χ1n) is 7.22. The Morgan fingerprint density at radius 1 is 1.14 bits per heavy atom. The molecule has 3 nitrogen and oxygen atoms in total. The molecule has 0 saturated carbocycles. The zero-order valence-electron chi connectivity index (χ0n) is 12.2. The molecule has 2 N–H and O–H groups in total. The van der Waals surface area contributed by atoms with E-state index in [4.69, 9.17) is 0 Å². The maximum absolute atomic E-state index is 9.27. The van der Waals surface area contributed by atoms with Gasteiger partial charge in [-0.3, -0.25) is 0 Å². The van der Waals surface area contributed by atoms with E-state index in [-0.39, 0.29) is 12.6 Å². The lowest BCUT2D eigenvalue weighted by molar-refractivity contribution is 0.272. The van der Waals surface area contributed by atoms with Gasteiger partial charge in [-0.1, -0.05) is 36.4 Å². The Hall–Kier alpha value is -1.23. The van der Waals surface area contributed by atoms with Crippen molar-refractivity contribution in [1.82, 2.24) is 10.3 Å². The van der Waals surface area contributed by atoms with Crippen LogP contribution in [-0.2, 0) is 0 Å². The van der Waals surface area contributed by atoms with Crippen LogP contribution in [0.2, 0.25) is 0 Å². The van der Waals surface area contributed by atoms with E-state index in [1.165, 1.54) is 5.56 Å². The summed E-state index contributed by atoms with van der Waals surface area (Å²) in [7, 11) is 0. The summed E-state index contributed by atoms with van der Waals surface area (Å²) in [6.07, 6.45) is 0.760. The van der Waals surface area contributed by atoms with Crippen LogP contribution in [0, 0.1) is 0 Å². The zero-order valence-corrected chi connectivity index (χ0v) is 13.8. The van der Waals surface area contributed by atoms with E-state index in [0.29, 0.717) is 5.92 Å². The van der Waals surface area contributed by atoms with Gasteiger partial charge in [0.05, 0.1) is 5.69 Å². The zero-order chi connectivity index (χ0) is 15.1. The molecular weight excluding hydrogens is 328 g/mol. The van der Waals surface area contributed by atoms with E-state index in [2.05, 4.69) is 45.3 Å². The van der Waals surface area contributed by atoms with Gasteiger partial charge in [-0.2, -0.15) is 0 Å². The Labute approximate surface area is 134 Å². The van der Waals surface area contributed by atoms with E-state index >= 15 is 0 Å². The fourth-order valence-corrected chi connectivity index (χ4v) is 2.71. The van der Waals surface area contributed by atoms with Crippen molar-refractivity contribution in [3.05, 3.63) is 64.4 Å². The predicted octanol–water partition coefficient (Wildman–Crippen LogP) is 3.66. The molecule has 0 amide bonds. The molecule has 0 aliphatic heterocycles. The Morgan fingerprint density at radius 2 is 1.90 bits per heavy atom. The van der Waals surface area contributed by atoms with Crippen molar-refractivity contribution in [3.63, 3.8) is 0 Å². The summed E-state index contributed by atoms with van der Waals surface area (Å²) in [6.45, 7) is 3.13. The van der Waals surface area contributed by atoms with Gasteiger partial charge in [0.15, 0.2) is 0 Å². The molecule has 2 atom stereocenters. The molecule has 0 fully saturated rings. The van der Waals surface area contributed by atoms with Crippen molar-refractivity contribution < 1.29 is 5.11 Å². The van der Waals surface area contributed by atoms with Gasteiger partial charge in [0.25, 0.3) is 0 Å². The highest BCUT2D eigenvalue weighted by atomic mass is 79.9. The van der Waals surface area contributed by atoms with Crippen molar-refractivity contribution in [2.75, 3.05) is 13.2 Å². The van der Waals surface area contributed by atoms with E-state index in [0.717, 1.165) is 23.3 Å². The Morgan fingerprint density at radius 3 is 2.57 bits per heavy atom. The second kappa shape index (κ2) is 8.27. The molecule has 0 bridgehead atoms. The van der Waals surface area contributed by atoms with Crippen LogP contribution in [0.4, 0.5) is 0 Å². The van der Waals surface area contributed by atoms with E-state index in [9.17, 15) is 5.11 Å². The average Bonchev–Trinajstić information content (AvgIpc) is 2.52. The largest absolute Gasteiger partial charge is 0.396 e. The molecule has 0 unspecified atom stereocenters. The van der Waals surface area contributed by atoms with Gasteiger partial charge in [-0.25, -0.2) is 4.98 Å². The summed E-state index contributed by atoms with van der Waals surface area (Å²) in [5, 5.41) is 12.8. The van der Waals surface area contributed by atoms with Crippen LogP contribution in [0.25, 0.3) is 0 Å². The van der Waals surface area contributed by atoms with Gasteiger partial charge < -0.3 is 10.4 Å². The van der Waals surface area contributed by atoms with Crippen LogP contribution in [0.15, 0.2) is 53.1 Å². The smallest absolute Gasteiger partial charge is 0.106 e. The standard InChI is InChI=1S/C17H21BrN2O/c1-13(16-8-5-9-17(18)20-16)19-12-15(10-11-21)14-6-3-2-4-7-14/h2-9,13,15,19,21H,10-12H2,1H3/t13-,15+/m1/s1. The third kappa shape index (κ3) is 4.92. The minimum Gasteiger partial charge on any atom is -0.396 e. The topological polar surface area (TPSA) is 45.1 Å². The average molecular weight is 349 g/mol. The fourth-order valence-electron chi connectivity index (χ4n) is 2.36. The molecule has 1 aromatic heterocycles. The van der Waals surface area contributed by atoms with Gasteiger partial charge in [0.2, 0.25) is 0 Å². The minimum atomic E-state index is 0.174. The van der Waals surface area contributed by atoms with Crippen molar-refractivity contribution in [2.45, 2.75) is 25.3 Å². The maximum Gasteiger partial charge on any atom is 0.106 e. The predicted molar refractivity (Wildman–Crippen MR) is 89.2 cm³/mol. The number of aliphatic hydroxyl groups is 1. The molecule has 0 saturated heterocycles. The summed E-state index contributed by atoms with van der Waals surface area (Å²) in [6, 6.07) is 16.4. The monoisotopic (exact) mass is 348 g/mol. The van der Waals surface area contributed by atoms with Crippen molar-refractivity contribution in [2.24, 2.45) is 0 Å². The number of aliphatic hydroxyl groups excluding tert-OH is 1. The van der Waals surface area contributed by atoms with Crippen molar-refractivity contribution >= 4 is 15.9 Å². The van der Waals surface area contributed by atoms with Crippen LogP contribution in [0.1, 0.15) is 36.6 Å². The van der Waals surface area contributed by atoms with E-state index in [1.807, 2.05) is 36.4 Å². The first kappa shape index (κ1) is 16.1. The van der Waals surface area contributed by atoms with Crippen LogP contribution < -0.4 is 5.32 Å². The lowest BCUT2D eigenvalue weighted by atomic mass is 9.95. The van der Waals surface area contributed by atoms with Gasteiger partial charge in [-0.05, 0) is 52.9 Å². The second-order valence-corrected chi connectivity index (χ2v) is 5.95. The molecule has 21 heavy (non-hydrogen) atoms. The third-order valence-corrected chi connectivity index (χ3v) is 4.04. The van der Waals surface area contributed by atoms with Crippen LogP contribution in [0.5, 0.6) is 0 Å². The number of aromatic nitrogens is 1. The Kier molecular flexibility index (Phi) is 6.36. The molecule has 4 heteroatoms. The number of halogens is 1. The molecule has 2 rings (SSSR count). The quantitative estimate of drug-likeness (QED) is 0.750. The van der Waals surface area contributed by atoms with Gasteiger partial charge in [-0.15, -0.1) is 0 Å². The van der Waals surface area contributed by atoms with Gasteiger partial charge in [0, 0.05) is 19.2 Å². The van der Waals surface area contributed by atoms with E-state index < -0.39 is 0 Å². The Bertz CT molecular complexity index is 547. The molecule has 0 spiro atoms. The number of hydrogen-bond acceptors (Lipinski definition) is 3. The van der Waals surface area contributed by atoms with Crippen LogP contribution in [-0.4, -0.2) is 23.2 Å². The molecule has 2 aromatic rings. The third-order valence-electron chi connectivity index (χ3n) is 3.60. The summed E-state index contributed by atoms with van der Waals surface area (Å²) < 4.78 is 0.851. The summed E-state index contributed by atoms with van der Waals surface area (Å²) in [5.41, 5.74) is 2.27. The number of benzene rings is 1. The minimum absolute atomic E-state index is 0.174. The molecule has 1 heterocycles. The summed E-state index contributed by atoms with van der Waals surface area (Å²) in [5.74, 6) is 0.311. The molecule has 112 valence electrons. The molecular formula is C17H21BrN2O. The maximum atomic E-state index is 9.27. The van der Waals surface area contributed by atoms with E-state index in [1.54, 1.807) is 0 Å². The van der Waals surface area contributed by atoms with Crippen molar-refractivity contribution in [1.29, 1.82) is 0 Å². The summed E-state index contributed by atoms with van der Waals surface area (Å²) >= 11 is 3.40. The van der Waals surface area contributed by atoms with Gasteiger partial charge >= 0.3 is 0 Å². The lowest BCUT2D eigenvalue weighted by Gasteiger charge is -2.20. The van der Waals surface area contributed by atoms with Gasteiger partial charge in [0.1, 0.15) is 4.60 Å². The lowest BCUT2D eigenvalue weighted by Crippen LogP contribution is -2.26. The SMILES string of the molecule is C[C@@H](NC[C@H](CCO)c1ccccc1)c1cccc(Br)n1. The van der Waals surface area contributed by atoms with Crippen LogP contribution >= 0.6 is 15.9 Å². The number of nitrogens with one attached hydrogen (secondary N) is 1. The number of pyridine rings is 1. The fraction of sp³-hybridized carbons (Fsp3) is 0.353. The highest BCUT2D eigenvalue weighted by Crippen LogP contribution is 2.20. The van der Waals surface area contributed by atoms with Crippen molar-refractivity contribution in [3.8, 4) is 0 Å². The number of rotatable bonds is 7. The Balaban J connectivity index is 1.98. The first-order chi connectivity index (χ1) is 10.2. The molecule has 0 aliphatic rings. The first-order valence-corrected chi connectivity index (χ1v) is 8.01. The number of nitrogens with zero attached hydrogens (tertiary/aromatic N) is 1. The summed E-state index contributed by atoms with van der Waals surface area (Å²) in [4.78, 5) is 4.47. The molecule has 0 aliphatic carbocycles. The molecule has 0 radical (unpaired) electrons. The molecule has 1 aromatic carbocycles. The van der Waals surface area contributed by atoms with Crippen LogP contribution in [0.3, 0.4) is 0 Å². The number of hydrogen-bond donors (Lipinski definition) is 2. The highest BCUT2D eigenvalue weighted by molar-refractivity contribution is 9.10. The normalized spacial score (nSPS) is 13.9.